The van der Waals surface area contributed by atoms with Gasteiger partial charge in [-0.05, 0) is 12.0 Å². The fourth-order valence-electron chi connectivity index (χ4n) is 0.852. The minimum absolute atomic E-state index is 0.339. The van der Waals surface area contributed by atoms with Gasteiger partial charge in [-0.1, -0.05) is 13.8 Å². The lowest BCUT2D eigenvalue weighted by atomic mass is 10.1. The molecule has 12 heavy (non-hydrogen) atoms. The second kappa shape index (κ2) is 3.38. The summed E-state index contributed by atoms with van der Waals surface area (Å²) in [6, 6.07) is 1.79. The highest BCUT2D eigenvalue weighted by molar-refractivity contribution is 5.47. The predicted molar refractivity (Wildman–Crippen MR) is 47.1 cm³/mol. The third-order valence-corrected chi connectivity index (χ3v) is 1.59. The molecule has 1 heterocycles. The van der Waals surface area contributed by atoms with E-state index in [0.717, 1.165) is 5.69 Å². The maximum atomic E-state index is 5.64. The van der Waals surface area contributed by atoms with Crippen molar-refractivity contribution in [2.24, 2.45) is 0 Å². The molecule has 0 aromatic carbocycles. The molecule has 0 amide bonds. The Morgan fingerprint density at radius 1 is 1.42 bits per heavy atom. The van der Waals surface area contributed by atoms with Crippen LogP contribution in [0.3, 0.4) is 0 Å². The van der Waals surface area contributed by atoms with Crippen molar-refractivity contribution in [2.45, 2.75) is 19.8 Å². The molecule has 0 unspecified atom stereocenters. The molecule has 0 saturated carbocycles. The summed E-state index contributed by atoms with van der Waals surface area (Å²) in [5, 5.41) is 7.78. The van der Waals surface area contributed by atoms with Crippen LogP contribution in [0, 0.1) is 0 Å². The van der Waals surface area contributed by atoms with Gasteiger partial charge in [0.05, 0.1) is 18.5 Å². The maximum absolute atomic E-state index is 5.64. The normalized spacial score (nSPS) is 10.3. The predicted octanol–water partition coefficient (Wildman–Crippen LogP) is 1.19. The van der Waals surface area contributed by atoms with E-state index >= 15 is 0 Å². The number of rotatable bonds is 2. The Labute approximate surface area is 71.8 Å². The first-order valence-corrected chi connectivity index (χ1v) is 3.82. The SMILES string of the molecule is COc1nnc(C(C)C)cc1N. The Bertz CT molecular complexity index is 273. The molecule has 1 rings (SSSR count). The molecule has 0 fully saturated rings. The van der Waals surface area contributed by atoms with Gasteiger partial charge in [0.2, 0.25) is 0 Å². The summed E-state index contributed by atoms with van der Waals surface area (Å²) in [6.45, 7) is 4.08. The molecule has 1 aromatic rings. The van der Waals surface area contributed by atoms with Crippen molar-refractivity contribution in [1.82, 2.24) is 10.2 Å². The molecule has 0 aliphatic rings. The highest BCUT2D eigenvalue weighted by atomic mass is 16.5. The van der Waals surface area contributed by atoms with E-state index in [1.165, 1.54) is 7.11 Å². The number of anilines is 1. The zero-order valence-electron chi connectivity index (χ0n) is 7.53. The Morgan fingerprint density at radius 3 is 2.50 bits per heavy atom. The van der Waals surface area contributed by atoms with Crippen LogP contribution in [0.5, 0.6) is 5.88 Å². The number of nitrogens with zero attached hydrogens (tertiary/aromatic N) is 2. The molecule has 0 saturated heterocycles. The van der Waals surface area contributed by atoms with Crippen molar-refractivity contribution in [3.63, 3.8) is 0 Å². The van der Waals surface area contributed by atoms with E-state index in [-0.39, 0.29) is 0 Å². The molecule has 66 valence electrons. The number of ether oxygens (including phenoxy) is 1. The van der Waals surface area contributed by atoms with E-state index in [2.05, 4.69) is 10.2 Å². The van der Waals surface area contributed by atoms with Crippen LogP contribution in [0.1, 0.15) is 25.5 Å². The number of hydrogen-bond donors (Lipinski definition) is 1. The van der Waals surface area contributed by atoms with Crippen molar-refractivity contribution in [3.8, 4) is 5.88 Å². The molecule has 4 nitrogen and oxygen atoms in total. The van der Waals surface area contributed by atoms with Gasteiger partial charge in [0, 0.05) is 0 Å². The summed E-state index contributed by atoms with van der Waals surface area (Å²) in [5.74, 6) is 0.727. The first-order valence-electron chi connectivity index (χ1n) is 3.82. The number of aromatic nitrogens is 2. The molecule has 0 radical (unpaired) electrons. The van der Waals surface area contributed by atoms with Crippen LogP contribution in [-0.2, 0) is 0 Å². The van der Waals surface area contributed by atoms with Crippen LogP contribution < -0.4 is 10.5 Å². The summed E-state index contributed by atoms with van der Waals surface area (Å²) < 4.78 is 4.88. The van der Waals surface area contributed by atoms with Gasteiger partial charge < -0.3 is 10.5 Å². The van der Waals surface area contributed by atoms with Gasteiger partial charge in [0.1, 0.15) is 0 Å². The Balaban J connectivity index is 3.02. The maximum Gasteiger partial charge on any atom is 0.256 e. The second-order valence-corrected chi connectivity index (χ2v) is 2.89. The molecular weight excluding hydrogens is 154 g/mol. The van der Waals surface area contributed by atoms with Crippen LogP contribution in [0.4, 0.5) is 5.69 Å². The lowest BCUT2D eigenvalue weighted by Gasteiger charge is -2.06. The first kappa shape index (κ1) is 8.77. The minimum atomic E-state index is 0.339. The van der Waals surface area contributed by atoms with E-state index in [1.54, 1.807) is 6.07 Å². The van der Waals surface area contributed by atoms with Crippen LogP contribution in [-0.4, -0.2) is 17.3 Å². The zero-order chi connectivity index (χ0) is 9.14. The fraction of sp³-hybridized carbons (Fsp3) is 0.500. The topological polar surface area (TPSA) is 61.0 Å². The average Bonchev–Trinajstić information content (AvgIpc) is 2.04. The number of hydrogen-bond acceptors (Lipinski definition) is 4. The molecule has 1 aromatic heterocycles. The van der Waals surface area contributed by atoms with E-state index in [4.69, 9.17) is 10.5 Å². The lowest BCUT2D eigenvalue weighted by Crippen LogP contribution is -2.01. The van der Waals surface area contributed by atoms with Crippen LogP contribution in [0.15, 0.2) is 6.07 Å². The van der Waals surface area contributed by atoms with Gasteiger partial charge in [0.15, 0.2) is 0 Å². The van der Waals surface area contributed by atoms with Crippen LogP contribution in [0.2, 0.25) is 0 Å². The number of nitrogens with two attached hydrogens (primary N) is 1. The third-order valence-electron chi connectivity index (χ3n) is 1.59. The van der Waals surface area contributed by atoms with Gasteiger partial charge >= 0.3 is 0 Å². The monoisotopic (exact) mass is 167 g/mol. The van der Waals surface area contributed by atoms with Crippen molar-refractivity contribution >= 4 is 5.69 Å². The Hall–Kier alpha value is -1.32. The summed E-state index contributed by atoms with van der Waals surface area (Å²) in [7, 11) is 1.52. The minimum Gasteiger partial charge on any atom is -0.478 e. The van der Waals surface area contributed by atoms with Crippen molar-refractivity contribution in [2.75, 3.05) is 12.8 Å². The second-order valence-electron chi connectivity index (χ2n) is 2.89. The Morgan fingerprint density at radius 2 is 2.08 bits per heavy atom. The first-order chi connectivity index (χ1) is 5.65. The van der Waals surface area contributed by atoms with E-state index in [0.29, 0.717) is 17.5 Å². The summed E-state index contributed by atoms with van der Waals surface area (Å²) >= 11 is 0. The summed E-state index contributed by atoms with van der Waals surface area (Å²) in [6.07, 6.45) is 0. The van der Waals surface area contributed by atoms with Crippen molar-refractivity contribution in [3.05, 3.63) is 11.8 Å². The number of methoxy groups -OCH3 is 1. The molecular formula is C8H13N3O. The lowest BCUT2D eigenvalue weighted by molar-refractivity contribution is 0.393. The van der Waals surface area contributed by atoms with Gasteiger partial charge in [-0.15, -0.1) is 5.10 Å². The Kier molecular flexibility index (Phi) is 2.47. The molecule has 0 atom stereocenters. The third kappa shape index (κ3) is 1.64. The van der Waals surface area contributed by atoms with E-state index in [9.17, 15) is 0 Å². The fourth-order valence-corrected chi connectivity index (χ4v) is 0.852. The van der Waals surface area contributed by atoms with Crippen LogP contribution >= 0.6 is 0 Å². The van der Waals surface area contributed by atoms with Gasteiger partial charge in [-0.3, -0.25) is 0 Å². The summed E-state index contributed by atoms with van der Waals surface area (Å²) in [4.78, 5) is 0. The van der Waals surface area contributed by atoms with Gasteiger partial charge in [0.25, 0.3) is 5.88 Å². The van der Waals surface area contributed by atoms with Crippen LogP contribution in [0.25, 0.3) is 0 Å². The summed E-state index contributed by atoms with van der Waals surface area (Å²) in [5.41, 5.74) is 7.06. The van der Waals surface area contributed by atoms with Crippen molar-refractivity contribution in [1.29, 1.82) is 0 Å². The molecule has 4 heteroatoms. The smallest absolute Gasteiger partial charge is 0.256 e. The van der Waals surface area contributed by atoms with Gasteiger partial charge in [-0.25, -0.2) is 0 Å². The molecule has 0 aliphatic heterocycles. The van der Waals surface area contributed by atoms with Gasteiger partial charge in [-0.2, -0.15) is 5.10 Å². The van der Waals surface area contributed by atoms with Crippen molar-refractivity contribution < 1.29 is 4.74 Å². The highest BCUT2D eigenvalue weighted by Crippen LogP contribution is 2.20. The largest absolute Gasteiger partial charge is 0.478 e. The standard InChI is InChI=1S/C8H13N3O/c1-5(2)7-4-6(9)8(12-3)11-10-7/h4-5H,1-3H3,(H2,9,10). The van der Waals surface area contributed by atoms with E-state index < -0.39 is 0 Å². The molecule has 0 bridgehead atoms. The molecule has 2 N–H and O–H groups in total. The van der Waals surface area contributed by atoms with E-state index in [1.807, 2.05) is 13.8 Å². The molecule has 0 aliphatic carbocycles. The zero-order valence-corrected chi connectivity index (χ0v) is 7.53. The molecule has 0 spiro atoms. The number of nitrogen functional groups attached to an aromatic ring is 1. The average molecular weight is 167 g/mol. The quantitative estimate of drug-likeness (QED) is 0.718. The highest BCUT2D eigenvalue weighted by Gasteiger charge is 2.06.